The van der Waals surface area contributed by atoms with Crippen molar-refractivity contribution in [1.82, 2.24) is 0 Å². The highest BCUT2D eigenvalue weighted by Crippen LogP contribution is 2.30. The Labute approximate surface area is 115 Å². The minimum Gasteiger partial charge on any atom is -0.307 e. The van der Waals surface area contributed by atoms with Crippen molar-refractivity contribution in [2.75, 3.05) is 11.4 Å². The molecule has 2 aromatic rings. The molecule has 0 unspecified atom stereocenters. The molecule has 0 saturated carbocycles. The zero-order valence-corrected chi connectivity index (χ0v) is 11.5. The van der Waals surface area contributed by atoms with Crippen molar-refractivity contribution in [2.45, 2.75) is 19.8 Å². The number of anilines is 1. The second kappa shape index (κ2) is 4.78. The van der Waals surface area contributed by atoms with Crippen LogP contribution in [0.25, 0.3) is 0 Å². The molecule has 0 N–H and O–H groups in total. The average molecular weight is 275 g/mol. The van der Waals surface area contributed by atoms with E-state index in [-0.39, 0.29) is 11.7 Å². The summed E-state index contributed by atoms with van der Waals surface area (Å²) in [5, 5.41) is 0. The molecule has 4 heteroatoms. The Hall–Kier alpha value is -1.68. The second-order valence-corrected chi connectivity index (χ2v) is 6.03. The standard InChI is InChI=1S/C15H14FNOS/c1-10-4-7-14(19-10)15(18)17-8-2-3-11-5-6-12(16)9-13(11)17/h4-7,9H,2-3,8H2,1H3. The maximum atomic E-state index is 13.4. The van der Waals surface area contributed by atoms with Crippen LogP contribution < -0.4 is 4.90 Å². The topological polar surface area (TPSA) is 20.3 Å². The fourth-order valence-electron chi connectivity index (χ4n) is 2.44. The third-order valence-electron chi connectivity index (χ3n) is 3.36. The first-order chi connectivity index (χ1) is 9.15. The van der Waals surface area contributed by atoms with Gasteiger partial charge in [0.15, 0.2) is 0 Å². The molecule has 1 aliphatic heterocycles. The van der Waals surface area contributed by atoms with Gasteiger partial charge in [-0.2, -0.15) is 0 Å². The lowest BCUT2D eigenvalue weighted by atomic mass is 10.0. The number of carbonyl (C=O) groups excluding carboxylic acids is 1. The first-order valence-corrected chi connectivity index (χ1v) is 7.13. The molecule has 98 valence electrons. The quantitative estimate of drug-likeness (QED) is 0.775. The minimum absolute atomic E-state index is 0.0235. The van der Waals surface area contributed by atoms with E-state index in [0.29, 0.717) is 6.54 Å². The van der Waals surface area contributed by atoms with Gasteiger partial charge in [-0.25, -0.2) is 4.39 Å². The van der Waals surface area contributed by atoms with Gasteiger partial charge in [-0.3, -0.25) is 4.79 Å². The molecule has 0 saturated heterocycles. The summed E-state index contributed by atoms with van der Waals surface area (Å²) >= 11 is 1.48. The molecular weight excluding hydrogens is 261 g/mol. The molecule has 1 aromatic carbocycles. The Bertz CT molecular complexity index is 635. The minimum atomic E-state index is -0.291. The van der Waals surface area contributed by atoms with E-state index in [1.54, 1.807) is 11.0 Å². The summed E-state index contributed by atoms with van der Waals surface area (Å²) in [7, 11) is 0. The fourth-order valence-corrected chi connectivity index (χ4v) is 3.26. The molecule has 2 nitrogen and oxygen atoms in total. The van der Waals surface area contributed by atoms with Crippen molar-refractivity contribution in [1.29, 1.82) is 0 Å². The second-order valence-electron chi connectivity index (χ2n) is 4.74. The molecule has 1 amide bonds. The van der Waals surface area contributed by atoms with Gasteiger partial charge in [0.05, 0.1) is 10.6 Å². The first kappa shape index (κ1) is 12.4. The van der Waals surface area contributed by atoms with Crippen LogP contribution in [-0.4, -0.2) is 12.5 Å². The number of aryl methyl sites for hydroxylation is 2. The van der Waals surface area contributed by atoms with E-state index in [1.165, 1.54) is 23.5 Å². The predicted molar refractivity (Wildman–Crippen MR) is 75.5 cm³/mol. The third-order valence-corrected chi connectivity index (χ3v) is 4.35. The number of carbonyl (C=O) groups is 1. The van der Waals surface area contributed by atoms with Crippen LogP contribution in [0.15, 0.2) is 30.3 Å². The molecule has 2 heterocycles. The van der Waals surface area contributed by atoms with Crippen LogP contribution in [-0.2, 0) is 6.42 Å². The maximum absolute atomic E-state index is 13.4. The predicted octanol–water partition coefficient (Wildman–Crippen LogP) is 3.79. The lowest BCUT2D eigenvalue weighted by Crippen LogP contribution is -2.35. The Morgan fingerprint density at radius 2 is 2.16 bits per heavy atom. The van der Waals surface area contributed by atoms with Crippen LogP contribution in [0.5, 0.6) is 0 Å². The molecule has 3 rings (SSSR count). The molecule has 1 aromatic heterocycles. The highest BCUT2D eigenvalue weighted by Gasteiger charge is 2.24. The van der Waals surface area contributed by atoms with Gasteiger partial charge in [-0.05, 0) is 49.6 Å². The number of fused-ring (bicyclic) bond motifs is 1. The van der Waals surface area contributed by atoms with Crippen molar-refractivity contribution in [3.8, 4) is 0 Å². The Balaban J connectivity index is 1.99. The van der Waals surface area contributed by atoms with Crippen LogP contribution in [0, 0.1) is 12.7 Å². The van der Waals surface area contributed by atoms with Crippen molar-refractivity contribution >= 4 is 22.9 Å². The number of hydrogen-bond donors (Lipinski definition) is 0. The SMILES string of the molecule is Cc1ccc(C(=O)N2CCCc3ccc(F)cc32)s1. The molecule has 19 heavy (non-hydrogen) atoms. The maximum Gasteiger partial charge on any atom is 0.268 e. The zero-order chi connectivity index (χ0) is 13.4. The van der Waals surface area contributed by atoms with Crippen molar-refractivity contribution in [3.05, 3.63) is 51.5 Å². The summed E-state index contributed by atoms with van der Waals surface area (Å²) in [6, 6.07) is 8.49. The van der Waals surface area contributed by atoms with Crippen LogP contribution in [0.4, 0.5) is 10.1 Å². The Morgan fingerprint density at radius 1 is 1.32 bits per heavy atom. The van der Waals surface area contributed by atoms with E-state index in [4.69, 9.17) is 0 Å². The molecule has 1 aliphatic rings. The summed E-state index contributed by atoms with van der Waals surface area (Å²) in [6.45, 7) is 2.64. The van der Waals surface area contributed by atoms with E-state index < -0.39 is 0 Å². The van der Waals surface area contributed by atoms with Gasteiger partial charge in [0.25, 0.3) is 5.91 Å². The lowest BCUT2D eigenvalue weighted by molar-refractivity contribution is 0.0989. The molecule has 0 spiro atoms. The summed E-state index contributed by atoms with van der Waals surface area (Å²) < 4.78 is 13.4. The van der Waals surface area contributed by atoms with Crippen LogP contribution >= 0.6 is 11.3 Å². The smallest absolute Gasteiger partial charge is 0.268 e. The lowest BCUT2D eigenvalue weighted by Gasteiger charge is -2.29. The van der Waals surface area contributed by atoms with Crippen LogP contribution in [0.2, 0.25) is 0 Å². The third kappa shape index (κ3) is 2.28. The summed E-state index contributed by atoms with van der Waals surface area (Å²) in [6.07, 6.45) is 1.83. The number of rotatable bonds is 1. The van der Waals surface area contributed by atoms with Gasteiger partial charge in [-0.1, -0.05) is 6.07 Å². The molecule has 0 aliphatic carbocycles. The van der Waals surface area contributed by atoms with Gasteiger partial charge in [0.2, 0.25) is 0 Å². The number of benzene rings is 1. The summed E-state index contributed by atoms with van der Waals surface area (Å²) in [5.41, 5.74) is 1.77. The van der Waals surface area contributed by atoms with Crippen molar-refractivity contribution in [2.24, 2.45) is 0 Å². The van der Waals surface area contributed by atoms with Gasteiger partial charge >= 0.3 is 0 Å². The molecule has 0 atom stereocenters. The molecular formula is C15H14FNOS. The monoisotopic (exact) mass is 275 g/mol. The van der Waals surface area contributed by atoms with Gasteiger partial charge in [0, 0.05) is 11.4 Å². The Kier molecular flexibility index (Phi) is 3.11. The first-order valence-electron chi connectivity index (χ1n) is 6.32. The summed E-state index contributed by atoms with van der Waals surface area (Å²) in [5.74, 6) is -0.314. The van der Waals surface area contributed by atoms with Gasteiger partial charge in [0.1, 0.15) is 5.82 Å². The van der Waals surface area contributed by atoms with Crippen molar-refractivity contribution in [3.63, 3.8) is 0 Å². The number of nitrogens with zero attached hydrogens (tertiary/aromatic N) is 1. The highest BCUT2D eigenvalue weighted by molar-refractivity contribution is 7.14. The fraction of sp³-hybridized carbons (Fsp3) is 0.267. The van der Waals surface area contributed by atoms with Gasteiger partial charge < -0.3 is 4.90 Å². The highest BCUT2D eigenvalue weighted by atomic mass is 32.1. The number of amides is 1. The van der Waals surface area contributed by atoms with E-state index in [9.17, 15) is 9.18 Å². The average Bonchev–Trinajstić information content (AvgIpc) is 2.84. The number of halogens is 1. The van der Waals surface area contributed by atoms with E-state index in [0.717, 1.165) is 33.8 Å². The van der Waals surface area contributed by atoms with Crippen molar-refractivity contribution < 1.29 is 9.18 Å². The largest absolute Gasteiger partial charge is 0.307 e. The molecule has 0 radical (unpaired) electrons. The summed E-state index contributed by atoms with van der Waals surface area (Å²) in [4.78, 5) is 16.0. The molecule has 0 fully saturated rings. The molecule has 0 bridgehead atoms. The van der Waals surface area contributed by atoms with Gasteiger partial charge in [-0.15, -0.1) is 11.3 Å². The van der Waals surface area contributed by atoms with E-state index in [1.807, 2.05) is 19.1 Å². The normalized spacial score (nSPS) is 14.3. The zero-order valence-electron chi connectivity index (χ0n) is 10.6. The van der Waals surface area contributed by atoms with Crippen LogP contribution in [0.1, 0.15) is 26.5 Å². The number of thiophene rings is 1. The Morgan fingerprint density at radius 3 is 2.89 bits per heavy atom. The number of hydrogen-bond acceptors (Lipinski definition) is 2. The van der Waals surface area contributed by atoms with E-state index >= 15 is 0 Å². The van der Waals surface area contributed by atoms with Crippen LogP contribution in [0.3, 0.4) is 0 Å². The van der Waals surface area contributed by atoms with E-state index in [2.05, 4.69) is 0 Å².